The molecular formula is C57H87N11O13. The molecule has 1 fully saturated rings. The van der Waals surface area contributed by atoms with Gasteiger partial charge in [0.2, 0.25) is 59.1 Å². The van der Waals surface area contributed by atoms with Crippen LogP contribution < -0.4 is 54.0 Å². The average Bonchev–Trinajstić information content (AvgIpc) is 3.93. The number of hydrogen-bond acceptors (Lipinski definition) is 13. The molecular weight excluding hydrogens is 1050 g/mol. The summed E-state index contributed by atoms with van der Waals surface area (Å²) in [5, 5.41) is 41.1. The summed E-state index contributed by atoms with van der Waals surface area (Å²) in [5.74, 6) is -9.56. The zero-order valence-corrected chi connectivity index (χ0v) is 48.2. The Morgan fingerprint density at radius 3 is 1.59 bits per heavy atom. The largest absolute Gasteiger partial charge is 0.508 e. The van der Waals surface area contributed by atoms with E-state index in [0.717, 1.165) is 5.56 Å². The molecule has 1 heterocycles. The summed E-state index contributed by atoms with van der Waals surface area (Å²) in [7, 11) is 0. The fourth-order valence-corrected chi connectivity index (χ4v) is 9.24. The third-order valence-electron chi connectivity index (χ3n) is 13.8. The van der Waals surface area contributed by atoms with Crippen molar-refractivity contribution in [3.63, 3.8) is 0 Å². The number of nitrogens with zero attached hydrogens (tertiary/aromatic N) is 1. The number of aromatic hydroxyl groups is 1. The summed E-state index contributed by atoms with van der Waals surface area (Å²) in [4.78, 5) is 150. The lowest BCUT2D eigenvalue weighted by molar-refractivity contribution is -0.144. The molecule has 2 aromatic carbocycles. The van der Waals surface area contributed by atoms with E-state index in [0.29, 0.717) is 18.4 Å². The predicted molar refractivity (Wildman–Crippen MR) is 301 cm³/mol. The highest BCUT2D eigenvalue weighted by molar-refractivity contribution is 5.99. The van der Waals surface area contributed by atoms with Gasteiger partial charge in [0.25, 0.3) is 0 Å². The summed E-state index contributed by atoms with van der Waals surface area (Å²) in [6.45, 7) is 15.5. The van der Waals surface area contributed by atoms with Crippen molar-refractivity contribution in [1.29, 1.82) is 0 Å². The van der Waals surface area contributed by atoms with Crippen molar-refractivity contribution in [2.24, 2.45) is 35.1 Å². The monoisotopic (exact) mass is 1130 g/mol. The maximum atomic E-state index is 14.5. The van der Waals surface area contributed by atoms with E-state index in [1.54, 1.807) is 58.0 Å². The van der Waals surface area contributed by atoms with Crippen molar-refractivity contribution in [2.45, 2.75) is 181 Å². The lowest BCUT2D eigenvalue weighted by Crippen LogP contribution is -2.61. The number of hydrogen-bond donors (Lipinski definition) is 12. The quantitative estimate of drug-likeness (QED) is 0.0465. The van der Waals surface area contributed by atoms with E-state index in [9.17, 15) is 63.0 Å². The maximum Gasteiger partial charge on any atom is 0.326 e. The molecule has 0 bridgehead atoms. The number of carbonyl (C=O) groups is 11. The van der Waals surface area contributed by atoms with Crippen LogP contribution in [0.5, 0.6) is 5.75 Å². The highest BCUT2D eigenvalue weighted by Gasteiger charge is 2.41. The zero-order valence-electron chi connectivity index (χ0n) is 48.2. The van der Waals surface area contributed by atoms with Gasteiger partial charge in [0.15, 0.2) is 0 Å². The van der Waals surface area contributed by atoms with Crippen molar-refractivity contribution < 1.29 is 63.0 Å². The Morgan fingerprint density at radius 2 is 1.06 bits per heavy atom. The van der Waals surface area contributed by atoms with Crippen molar-refractivity contribution in [2.75, 3.05) is 13.1 Å². The highest BCUT2D eigenvalue weighted by atomic mass is 16.4. The Bertz CT molecular complexity index is 2480. The van der Waals surface area contributed by atoms with Gasteiger partial charge in [0, 0.05) is 25.8 Å². The van der Waals surface area contributed by atoms with Crippen LogP contribution in [-0.2, 0) is 65.6 Å². The number of phenols is 1. The second-order valence-corrected chi connectivity index (χ2v) is 22.2. The molecule has 10 atom stereocenters. The third-order valence-corrected chi connectivity index (χ3v) is 13.8. The number of likely N-dealkylation sites (tertiary alicyclic amines) is 1. The van der Waals surface area contributed by atoms with Crippen molar-refractivity contribution in [1.82, 2.24) is 47.4 Å². The lowest BCUT2D eigenvalue weighted by Gasteiger charge is -2.31. The van der Waals surface area contributed by atoms with Gasteiger partial charge in [-0.1, -0.05) is 104 Å². The minimum Gasteiger partial charge on any atom is -0.508 e. The van der Waals surface area contributed by atoms with Crippen LogP contribution in [0, 0.1) is 23.7 Å². The van der Waals surface area contributed by atoms with Gasteiger partial charge in [-0.05, 0) is 92.4 Å². The first-order chi connectivity index (χ1) is 38.1. The molecule has 0 aromatic heterocycles. The topological polar surface area (TPSA) is 380 Å². The predicted octanol–water partition coefficient (Wildman–Crippen LogP) is 0.560. The van der Waals surface area contributed by atoms with Crippen LogP contribution in [0.4, 0.5) is 0 Å². The molecule has 10 amide bonds. The van der Waals surface area contributed by atoms with Crippen LogP contribution in [-0.4, -0.2) is 148 Å². The Balaban J connectivity index is 1.87. The van der Waals surface area contributed by atoms with Gasteiger partial charge in [-0.3, -0.25) is 47.9 Å². The smallest absolute Gasteiger partial charge is 0.326 e. The molecule has 0 aliphatic carbocycles. The van der Waals surface area contributed by atoms with Crippen molar-refractivity contribution in [3.8, 4) is 5.75 Å². The Hall–Kier alpha value is -7.63. The fraction of sp³-hybridized carbons (Fsp3) is 0.596. The third kappa shape index (κ3) is 22.8. The van der Waals surface area contributed by atoms with Crippen LogP contribution >= 0.6 is 0 Å². The summed E-state index contributed by atoms with van der Waals surface area (Å²) >= 11 is 0. The maximum absolute atomic E-state index is 14.5. The molecule has 2 aromatic rings. The second-order valence-electron chi connectivity index (χ2n) is 22.2. The zero-order chi connectivity index (χ0) is 60.7. The van der Waals surface area contributed by atoms with E-state index >= 15 is 0 Å². The van der Waals surface area contributed by atoms with E-state index in [1.165, 1.54) is 36.1 Å². The molecule has 448 valence electrons. The van der Waals surface area contributed by atoms with E-state index in [2.05, 4.69) is 42.5 Å². The number of aliphatic carboxylic acids is 1. The minimum absolute atomic E-state index is 0.0521. The van der Waals surface area contributed by atoms with Gasteiger partial charge in [-0.2, -0.15) is 0 Å². The van der Waals surface area contributed by atoms with Gasteiger partial charge < -0.3 is 69.1 Å². The number of carbonyl (C=O) groups excluding carboxylic acids is 10. The van der Waals surface area contributed by atoms with Crippen LogP contribution in [0.1, 0.15) is 125 Å². The van der Waals surface area contributed by atoms with Crippen LogP contribution in [0.25, 0.3) is 0 Å². The van der Waals surface area contributed by atoms with E-state index < -0.39 is 125 Å². The van der Waals surface area contributed by atoms with Crippen molar-refractivity contribution in [3.05, 3.63) is 65.7 Å². The molecule has 24 nitrogen and oxygen atoms in total. The number of carboxylic acids is 1. The standard InChI is InChI=1S/C57H87N11O13/c1-10-34(8)48(67-53(76)41(26-32(4)5)64-51(74)42(61-47(71)30-58)28-36-15-12-11-13-16-36)55(78)60-35(9)49(72)63-43(29-37-18-20-38(69)21-19-37)52(75)62-39(22-23-46(59)70)56(79)68-24-14-17-45(68)54(77)65-40(25-31(2)3)50(73)66-44(57(80)81)27-33(6)7/h11-13,15-16,18-21,31-35,39-45,48,69H,10,14,17,22-30,58H2,1-9H3,(H2,59,70)(H,60,78)(H,61,71)(H,62,75)(H,63,72)(H,64,74)(H,65,77)(H,66,73)(H,67,76)(H,80,81)/t34-,35-,39-,40-,41-,42-,43-,44-,45-,48-/m0/s1. The van der Waals surface area contributed by atoms with Gasteiger partial charge in [-0.15, -0.1) is 0 Å². The van der Waals surface area contributed by atoms with Crippen LogP contribution in [0.2, 0.25) is 0 Å². The first-order valence-electron chi connectivity index (χ1n) is 27.9. The van der Waals surface area contributed by atoms with E-state index in [4.69, 9.17) is 11.5 Å². The van der Waals surface area contributed by atoms with Crippen LogP contribution in [0.15, 0.2) is 54.6 Å². The number of primary amides is 1. The first-order valence-corrected chi connectivity index (χ1v) is 27.9. The number of nitrogens with one attached hydrogen (secondary N) is 8. The van der Waals surface area contributed by atoms with Gasteiger partial charge in [0.05, 0.1) is 6.54 Å². The minimum atomic E-state index is -1.47. The highest BCUT2D eigenvalue weighted by Crippen LogP contribution is 2.22. The van der Waals surface area contributed by atoms with Gasteiger partial charge in [-0.25, -0.2) is 4.79 Å². The average molecular weight is 1130 g/mol. The summed E-state index contributed by atoms with van der Waals surface area (Å²) in [6, 6.07) is 3.38. The molecule has 0 saturated carbocycles. The molecule has 1 aliphatic rings. The Kier molecular flexibility index (Phi) is 27.7. The van der Waals surface area contributed by atoms with Gasteiger partial charge >= 0.3 is 5.97 Å². The summed E-state index contributed by atoms with van der Waals surface area (Å²) in [6.07, 6.45) is 0.542. The number of phenolic OH excluding ortho intramolecular Hbond substituents is 1. The van der Waals surface area contributed by atoms with E-state index in [1.807, 2.05) is 27.7 Å². The Labute approximate surface area is 474 Å². The summed E-state index contributed by atoms with van der Waals surface area (Å²) < 4.78 is 0. The SMILES string of the molecule is CC[C@H](C)[C@H](NC(=O)[C@H](CC(C)C)NC(=O)[C@H](Cc1ccccc1)NC(=O)CN)C(=O)N[C@@H](C)C(=O)N[C@@H](Cc1ccc(O)cc1)C(=O)N[C@@H](CCC(N)=O)C(=O)N1CCC[C@H]1C(=O)N[C@@H](CC(C)C)C(=O)N[C@@H](CC(C)C)C(=O)O. The molecule has 14 N–H and O–H groups in total. The molecule has 0 radical (unpaired) electrons. The molecule has 1 saturated heterocycles. The Morgan fingerprint density at radius 1 is 0.580 bits per heavy atom. The van der Waals surface area contributed by atoms with Crippen LogP contribution in [0.3, 0.4) is 0 Å². The normalized spacial score (nSPS) is 16.5. The first kappa shape index (κ1) is 67.6. The molecule has 0 spiro atoms. The number of nitrogens with two attached hydrogens (primary N) is 2. The fourth-order valence-electron chi connectivity index (χ4n) is 9.24. The number of rotatable bonds is 33. The molecule has 1 aliphatic heterocycles. The second kappa shape index (κ2) is 33.2. The number of amides is 10. The lowest BCUT2D eigenvalue weighted by atomic mass is 9.96. The molecule has 3 rings (SSSR count). The molecule has 0 unspecified atom stereocenters. The van der Waals surface area contributed by atoms with Gasteiger partial charge in [0.1, 0.15) is 60.1 Å². The van der Waals surface area contributed by atoms with E-state index in [-0.39, 0.29) is 88.0 Å². The molecule has 24 heteroatoms. The summed E-state index contributed by atoms with van der Waals surface area (Å²) in [5.41, 5.74) is 12.3. The van der Waals surface area contributed by atoms with Crippen molar-refractivity contribution >= 4 is 65.0 Å². The molecule has 81 heavy (non-hydrogen) atoms. The number of benzene rings is 2. The number of carboxylic acid groups (broad SMARTS) is 1.